The third kappa shape index (κ3) is 4.83. The third-order valence-electron chi connectivity index (χ3n) is 4.46. The van der Waals surface area contributed by atoms with Gasteiger partial charge in [-0.15, -0.1) is 0 Å². The number of benzene rings is 1. The van der Waals surface area contributed by atoms with Crippen LogP contribution in [-0.4, -0.2) is 64.0 Å². The van der Waals surface area contributed by atoms with E-state index in [0.29, 0.717) is 31.9 Å². The minimum atomic E-state index is -1.23. The van der Waals surface area contributed by atoms with Gasteiger partial charge in [-0.25, -0.2) is 4.98 Å². The van der Waals surface area contributed by atoms with Crippen LogP contribution in [-0.2, 0) is 16.1 Å². The van der Waals surface area contributed by atoms with Gasteiger partial charge in [0, 0.05) is 31.9 Å². The van der Waals surface area contributed by atoms with E-state index in [2.05, 4.69) is 4.98 Å². The van der Waals surface area contributed by atoms with Gasteiger partial charge in [-0.3, -0.25) is 4.79 Å². The second kappa shape index (κ2) is 8.33. The van der Waals surface area contributed by atoms with Crippen LogP contribution in [0.15, 0.2) is 42.7 Å². The predicted octanol–water partition coefficient (Wildman–Crippen LogP) is 1.25. The summed E-state index contributed by atoms with van der Waals surface area (Å²) in [6, 6.07) is 9.31. The summed E-state index contributed by atoms with van der Waals surface area (Å²) in [5, 5.41) is 10.9. The standard InChI is InChI=1S/C19H25N3O4/c1-16-20-8-10-21(16)9-7-18(23)22-11-12-25-14-19(24,13-22)15-26-17-5-3-2-4-6-17/h2-6,8,10,24H,7,9,11-15H2,1H3/t19-/m1/s1. The number of carbonyl (C=O) groups excluding carboxylic acids is 1. The maximum atomic E-state index is 12.6. The Kier molecular flexibility index (Phi) is 5.90. The smallest absolute Gasteiger partial charge is 0.224 e. The van der Waals surface area contributed by atoms with Crippen molar-refractivity contribution in [3.63, 3.8) is 0 Å². The van der Waals surface area contributed by atoms with Gasteiger partial charge < -0.3 is 24.0 Å². The fourth-order valence-electron chi connectivity index (χ4n) is 2.97. The molecule has 26 heavy (non-hydrogen) atoms. The van der Waals surface area contributed by atoms with E-state index in [1.807, 2.05) is 48.0 Å². The number of carbonyl (C=O) groups is 1. The Bertz CT molecular complexity index is 719. The molecule has 0 bridgehead atoms. The maximum absolute atomic E-state index is 12.6. The zero-order chi connectivity index (χ0) is 18.4. The summed E-state index contributed by atoms with van der Waals surface area (Å²) in [6.45, 7) is 3.76. The van der Waals surface area contributed by atoms with E-state index in [1.165, 1.54) is 0 Å². The molecule has 2 aromatic rings. The van der Waals surface area contributed by atoms with Crippen molar-refractivity contribution in [1.29, 1.82) is 0 Å². The van der Waals surface area contributed by atoms with Crippen LogP contribution >= 0.6 is 0 Å². The van der Waals surface area contributed by atoms with E-state index in [0.717, 1.165) is 5.82 Å². The van der Waals surface area contributed by atoms with Gasteiger partial charge in [0.05, 0.1) is 19.8 Å². The first-order valence-corrected chi connectivity index (χ1v) is 8.79. The number of nitrogens with zero attached hydrogens (tertiary/aromatic N) is 3. The molecule has 1 aromatic carbocycles. The number of aliphatic hydroxyl groups is 1. The minimum absolute atomic E-state index is 0.0123. The van der Waals surface area contributed by atoms with E-state index >= 15 is 0 Å². The van der Waals surface area contributed by atoms with Crippen LogP contribution in [0.2, 0.25) is 0 Å². The van der Waals surface area contributed by atoms with E-state index < -0.39 is 5.60 Å². The molecule has 2 heterocycles. The number of aromatic nitrogens is 2. The van der Waals surface area contributed by atoms with E-state index in [1.54, 1.807) is 11.1 Å². The molecule has 1 aliphatic heterocycles. The van der Waals surface area contributed by atoms with E-state index in [4.69, 9.17) is 9.47 Å². The fraction of sp³-hybridized carbons (Fsp3) is 0.474. The fourth-order valence-corrected chi connectivity index (χ4v) is 2.97. The topological polar surface area (TPSA) is 76.8 Å². The van der Waals surface area contributed by atoms with Crippen LogP contribution in [0.4, 0.5) is 0 Å². The number of hydrogen-bond acceptors (Lipinski definition) is 5. The summed E-state index contributed by atoms with van der Waals surface area (Å²) < 4.78 is 13.1. The third-order valence-corrected chi connectivity index (χ3v) is 4.46. The molecule has 7 heteroatoms. The van der Waals surface area contributed by atoms with Gasteiger partial charge in [0.25, 0.3) is 0 Å². The van der Waals surface area contributed by atoms with Gasteiger partial charge >= 0.3 is 0 Å². The minimum Gasteiger partial charge on any atom is -0.490 e. The summed E-state index contributed by atoms with van der Waals surface area (Å²) in [4.78, 5) is 18.4. The summed E-state index contributed by atoms with van der Waals surface area (Å²) >= 11 is 0. The molecule has 7 nitrogen and oxygen atoms in total. The Labute approximate surface area is 153 Å². The SMILES string of the molecule is Cc1nccn1CCC(=O)N1CCOC[C@@](O)(COc2ccccc2)C1. The van der Waals surface area contributed by atoms with Crippen molar-refractivity contribution in [2.75, 3.05) is 32.9 Å². The Morgan fingerprint density at radius 3 is 2.92 bits per heavy atom. The Morgan fingerprint density at radius 2 is 2.19 bits per heavy atom. The first kappa shape index (κ1) is 18.4. The number of para-hydroxylation sites is 1. The van der Waals surface area contributed by atoms with Crippen LogP contribution in [0.1, 0.15) is 12.2 Å². The number of aryl methyl sites for hydroxylation is 2. The van der Waals surface area contributed by atoms with Gasteiger partial charge in [-0.2, -0.15) is 0 Å². The summed E-state index contributed by atoms with van der Waals surface area (Å²) in [5.41, 5.74) is -1.23. The van der Waals surface area contributed by atoms with Crippen LogP contribution in [0, 0.1) is 6.92 Å². The number of hydrogen-bond donors (Lipinski definition) is 1. The van der Waals surface area contributed by atoms with Crippen LogP contribution in [0.5, 0.6) is 5.75 Å². The van der Waals surface area contributed by atoms with Gasteiger partial charge in [0.15, 0.2) is 0 Å². The van der Waals surface area contributed by atoms with Crippen molar-refractivity contribution in [3.8, 4) is 5.75 Å². The zero-order valence-electron chi connectivity index (χ0n) is 15.0. The molecule has 140 valence electrons. The molecule has 0 spiro atoms. The molecule has 0 unspecified atom stereocenters. The van der Waals surface area contributed by atoms with Crippen molar-refractivity contribution < 1.29 is 19.4 Å². The molecule has 1 aromatic heterocycles. The second-order valence-corrected chi connectivity index (χ2v) is 6.61. The number of rotatable bonds is 6. The maximum Gasteiger partial charge on any atom is 0.224 e. The van der Waals surface area contributed by atoms with Gasteiger partial charge in [0.1, 0.15) is 23.8 Å². The Balaban J connectivity index is 1.57. The zero-order valence-corrected chi connectivity index (χ0v) is 15.0. The predicted molar refractivity (Wildman–Crippen MR) is 95.9 cm³/mol. The highest BCUT2D eigenvalue weighted by atomic mass is 16.5. The molecule has 1 amide bonds. The summed E-state index contributed by atoms with van der Waals surface area (Å²) in [6.07, 6.45) is 3.93. The Morgan fingerprint density at radius 1 is 1.38 bits per heavy atom. The monoisotopic (exact) mass is 359 g/mol. The first-order valence-electron chi connectivity index (χ1n) is 8.79. The average molecular weight is 359 g/mol. The number of ether oxygens (including phenoxy) is 2. The van der Waals surface area contributed by atoms with Gasteiger partial charge in [-0.1, -0.05) is 18.2 Å². The lowest BCUT2D eigenvalue weighted by Crippen LogP contribution is -2.50. The normalized spacial score (nSPS) is 20.6. The molecule has 3 rings (SSSR count). The average Bonchev–Trinajstić information content (AvgIpc) is 2.95. The van der Waals surface area contributed by atoms with E-state index in [-0.39, 0.29) is 25.7 Å². The highest BCUT2D eigenvalue weighted by Gasteiger charge is 2.35. The lowest BCUT2D eigenvalue weighted by Gasteiger charge is -2.30. The van der Waals surface area contributed by atoms with E-state index in [9.17, 15) is 9.90 Å². The number of imidazole rings is 1. The molecule has 0 saturated carbocycles. The molecular weight excluding hydrogens is 334 g/mol. The molecule has 1 saturated heterocycles. The van der Waals surface area contributed by atoms with Crippen molar-refractivity contribution in [1.82, 2.24) is 14.5 Å². The second-order valence-electron chi connectivity index (χ2n) is 6.61. The molecule has 1 atom stereocenters. The highest BCUT2D eigenvalue weighted by molar-refractivity contribution is 5.76. The van der Waals surface area contributed by atoms with Crippen molar-refractivity contribution in [2.24, 2.45) is 0 Å². The lowest BCUT2D eigenvalue weighted by molar-refractivity contribution is -0.135. The quantitative estimate of drug-likeness (QED) is 0.840. The Hall–Kier alpha value is -2.38. The first-order chi connectivity index (χ1) is 12.6. The van der Waals surface area contributed by atoms with Crippen LogP contribution in [0.3, 0.4) is 0 Å². The lowest BCUT2D eigenvalue weighted by atomic mass is 10.1. The summed E-state index contributed by atoms with van der Waals surface area (Å²) in [7, 11) is 0. The summed E-state index contributed by atoms with van der Waals surface area (Å²) in [5.74, 6) is 1.55. The molecule has 0 aliphatic carbocycles. The van der Waals surface area contributed by atoms with Crippen molar-refractivity contribution in [3.05, 3.63) is 48.5 Å². The number of amides is 1. The van der Waals surface area contributed by atoms with Gasteiger partial charge in [0.2, 0.25) is 5.91 Å². The molecule has 0 radical (unpaired) electrons. The molecular formula is C19H25N3O4. The van der Waals surface area contributed by atoms with Crippen LogP contribution in [0.25, 0.3) is 0 Å². The van der Waals surface area contributed by atoms with Crippen LogP contribution < -0.4 is 4.74 Å². The van der Waals surface area contributed by atoms with Gasteiger partial charge in [-0.05, 0) is 19.1 Å². The molecule has 1 fully saturated rings. The number of β-amino-alcohol motifs (C(OH)–C–C–N with tert-alkyl or cyclic N) is 1. The molecule has 1 aliphatic rings. The van der Waals surface area contributed by atoms with Crippen molar-refractivity contribution >= 4 is 5.91 Å². The highest BCUT2D eigenvalue weighted by Crippen LogP contribution is 2.17. The largest absolute Gasteiger partial charge is 0.490 e. The molecule has 1 N–H and O–H groups in total. The van der Waals surface area contributed by atoms with Crippen molar-refractivity contribution in [2.45, 2.75) is 25.5 Å².